The highest BCUT2D eigenvalue weighted by atomic mass is 32.1. The lowest BCUT2D eigenvalue weighted by atomic mass is 9.78. The number of aliphatic hydroxyl groups excluding tert-OH is 1. The van der Waals surface area contributed by atoms with Crippen molar-refractivity contribution >= 4 is 28.5 Å². The van der Waals surface area contributed by atoms with Crippen LogP contribution in [-0.2, 0) is 29.2 Å². The SMILES string of the molecule is Cc1nc(CO)sc1-c1csc(CC(=O)C2CC(OCc3cccnc3)C2)n1. The molecule has 28 heavy (non-hydrogen) atoms. The number of nitrogens with zero attached hydrogens (tertiary/aromatic N) is 3. The van der Waals surface area contributed by atoms with E-state index in [-0.39, 0.29) is 24.4 Å². The van der Waals surface area contributed by atoms with E-state index in [1.165, 1.54) is 22.7 Å². The van der Waals surface area contributed by atoms with Gasteiger partial charge in [-0.2, -0.15) is 0 Å². The fraction of sp³-hybridized carbons (Fsp3) is 0.400. The highest BCUT2D eigenvalue weighted by Crippen LogP contribution is 2.34. The summed E-state index contributed by atoms with van der Waals surface area (Å²) in [6.45, 7) is 2.39. The number of ketones is 1. The van der Waals surface area contributed by atoms with Gasteiger partial charge < -0.3 is 9.84 Å². The molecule has 1 N–H and O–H groups in total. The Morgan fingerprint density at radius 3 is 2.89 bits per heavy atom. The number of rotatable bonds is 8. The standard InChI is InChI=1S/C20H21N3O3S2/c1-12-20(28-19(9-24)22-12)16-11-27-18(23-16)7-17(25)14-5-15(6-14)26-10-13-3-2-4-21-8-13/h2-4,8,11,14-15,24H,5-7,9-10H2,1H3. The molecule has 0 amide bonds. The fourth-order valence-corrected chi connectivity index (χ4v) is 4.96. The van der Waals surface area contributed by atoms with Crippen molar-refractivity contribution in [2.75, 3.05) is 0 Å². The lowest BCUT2D eigenvalue weighted by Gasteiger charge is -2.34. The van der Waals surface area contributed by atoms with E-state index >= 15 is 0 Å². The van der Waals surface area contributed by atoms with Crippen LogP contribution in [0.5, 0.6) is 0 Å². The lowest BCUT2D eigenvalue weighted by molar-refractivity contribution is -0.131. The molecule has 0 unspecified atom stereocenters. The molecular weight excluding hydrogens is 394 g/mol. The van der Waals surface area contributed by atoms with Gasteiger partial charge in [0.15, 0.2) is 0 Å². The average Bonchev–Trinajstić information content (AvgIpc) is 3.27. The van der Waals surface area contributed by atoms with Gasteiger partial charge in [-0.05, 0) is 31.4 Å². The van der Waals surface area contributed by atoms with Crippen molar-refractivity contribution in [3.8, 4) is 10.6 Å². The van der Waals surface area contributed by atoms with Gasteiger partial charge in [0.1, 0.15) is 15.8 Å². The lowest BCUT2D eigenvalue weighted by Crippen LogP contribution is -2.37. The van der Waals surface area contributed by atoms with Crippen LogP contribution in [-0.4, -0.2) is 31.9 Å². The summed E-state index contributed by atoms with van der Waals surface area (Å²) >= 11 is 2.95. The zero-order valence-electron chi connectivity index (χ0n) is 15.5. The number of Topliss-reactive ketones (excluding diaryl/α,β-unsaturated/α-hetero) is 1. The molecule has 1 fully saturated rings. The molecular formula is C20H21N3O3S2. The molecule has 8 heteroatoms. The number of hydrogen-bond donors (Lipinski definition) is 1. The Balaban J connectivity index is 1.27. The first-order valence-corrected chi connectivity index (χ1v) is 10.9. The van der Waals surface area contributed by atoms with Crippen molar-refractivity contribution in [3.05, 3.63) is 51.2 Å². The van der Waals surface area contributed by atoms with Crippen LogP contribution in [0.15, 0.2) is 29.9 Å². The Bertz CT molecular complexity index is 949. The van der Waals surface area contributed by atoms with E-state index in [4.69, 9.17) is 4.74 Å². The second-order valence-corrected chi connectivity index (χ2v) is 8.94. The van der Waals surface area contributed by atoms with Gasteiger partial charge in [-0.15, -0.1) is 22.7 Å². The van der Waals surface area contributed by atoms with Crippen LogP contribution in [0.4, 0.5) is 0 Å². The first-order chi connectivity index (χ1) is 13.6. The van der Waals surface area contributed by atoms with Gasteiger partial charge in [-0.1, -0.05) is 6.07 Å². The predicted molar refractivity (Wildman–Crippen MR) is 108 cm³/mol. The summed E-state index contributed by atoms with van der Waals surface area (Å²) in [5.74, 6) is 0.302. The highest BCUT2D eigenvalue weighted by molar-refractivity contribution is 7.16. The van der Waals surface area contributed by atoms with E-state index in [1.807, 2.05) is 24.4 Å². The van der Waals surface area contributed by atoms with E-state index in [9.17, 15) is 9.90 Å². The summed E-state index contributed by atoms with van der Waals surface area (Å²) in [4.78, 5) is 26.5. The maximum absolute atomic E-state index is 12.5. The van der Waals surface area contributed by atoms with E-state index in [2.05, 4.69) is 15.0 Å². The summed E-state index contributed by atoms with van der Waals surface area (Å²) in [6.07, 6.45) is 5.63. The number of ether oxygens (including phenoxy) is 1. The zero-order chi connectivity index (χ0) is 19.5. The van der Waals surface area contributed by atoms with Crippen LogP contribution in [0.3, 0.4) is 0 Å². The summed E-state index contributed by atoms with van der Waals surface area (Å²) in [7, 11) is 0. The molecule has 0 aliphatic heterocycles. The first-order valence-electron chi connectivity index (χ1n) is 9.17. The second kappa shape index (κ2) is 8.57. The average molecular weight is 416 g/mol. The maximum atomic E-state index is 12.5. The minimum Gasteiger partial charge on any atom is -0.389 e. The molecule has 1 saturated carbocycles. The van der Waals surface area contributed by atoms with E-state index in [0.717, 1.165) is 39.7 Å². The predicted octanol–water partition coefficient (Wildman–Crippen LogP) is 3.57. The minimum absolute atomic E-state index is 0.0628. The monoisotopic (exact) mass is 415 g/mol. The van der Waals surface area contributed by atoms with Crippen LogP contribution in [0.25, 0.3) is 10.6 Å². The Hall–Kier alpha value is -2.00. The van der Waals surface area contributed by atoms with Gasteiger partial charge in [-0.25, -0.2) is 9.97 Å². The number of aryl methyl sites for hydroxylation is 1. The van der Waals surface area contributed by atoms with E-state index < -0.39 is 0 Å². The summed E-state index contributed by atoms with van der Waals surface area (Å²) in [6, 6.07) is 3.88. The molecule has 1 aliphatic carbocycles. The van der Waals surface area contributed by atoms with Crippen molar-refractivity contribution in [2.45, 2.75) is 45.5 Å². The third-order valence-electron chi connectivity index (χ3n) is 4.84. The molecule has 146 valence electrons. The third kappa shape index (κ3) is 4.35. The molecule has 1 aliphatic rings. The smallest absolute Gasteiger partial charge is 0.142 e. The quantitative estimate of drug-likeness (QED) is 0.605. The molecule has 0 radical (unpaired) electrons. The van der Waals surface area contributed by atoms with E-state index in [1.54, 1.807) is 12.4 Å². The van der Waals surface area contributed by atoms with E-state index in [0.29, 0.717) is 18.0 Å². The number of aromatic nitrogens is 3. The number of carbonyl (C=O) groups excluding carboxylic acids is 1. The van der Waals surface area contributed by atoms with Gasteiger partial charge in [0, 0.05) is 23.7 Å². The highest BCUT2D eigenvalue weighted by Gasteiger charge is 2.35. The summed E-state index contributed by atoms with van der Waals surface area (Å²) < 4.78 is 5.85. The molecule has 3 aromatic heterocycles. The van der Waals surface area contributed by atoms with Crippen LogP contribution in [0, 0.1) is 12.8 Å². The first kappa shape index (κ1) is 19.3. The molecule has 3 heterocycles. The molecule has 3 aromatic rings. The van der Waals surface area contributed by atoms with Crippen LogP contribution in [0.1, 0.15) is 34.1 Å². The molecule has 0 bridgehead atoms. The number of hydrogen-bond acceptors (Lipinski definition) is 8. The minimum atomic E-state index is -0.0628. The Morgan fingerprint density at radius 1 is 1.32 bits per heavy atom. The van der Waals surface area contributed by atoms with Crippen molar-refractivity contribution in [3.63, 3.8) is 0 Å². The van der Waals surface area contributed by atoms with Gasteiger partial charge in [-0.3, -0.25) is 9.78 Å². The largest absolute Gasteiger partial charge is 0.389 e. The number of aliphatic hydroxyl groups is 1. The van der Waals surface area contributed by atoms with Gasteiger partial charge >= 0.3 is 0 Å². The van der Waals surface area contributed by atoms with Gasteiger partial charge in [0.2, 0.25) is 0 Å². The van der Waals surface area contributed by atoms with Gasteiger partial charge in [0.25, 0.3) is 0 Å². The third-order valence-corrected chi connectivity index (χ3v) is 6.86. The molecule has 0 spiro atoms. The Labute approximate surface area is 171 Å². The topological polar surface area (TPSA) is 85.2 Å². The second-order valence-electron chi connectivity index (χ2n) is 6.91. The Morgan fingerprint density at radius 2 is 2.18 bits per heavy atom. The van der Waals surface area contributed by atoms with Crippen LogP contribution in [0.2, 0.25) is 0 Å². The number of pyridine rings is 1. The van der Waals surface area contributed by atoms with Crippen LogP contribution < -0.4 is 0 Å². The number of thiazole rings is 2. The van der Waals surface area contributed by atoms with Crippen molar-refractivity contribution in [2.24, 2.45) is 5.92 Å². The molecule has 6 nitrogen and oxygen atoms in total. The summed E-state index contributed by atoms with van der Waals surface area (Å²) in [5, 5.41) is 12.7. The maximum Gasteiger partial charge on any atom is 0.142 e. The molecule has 0 saturated heterocycles. The van der Waals surface area contributed by atoms with Crippen molar-refractivity contribution in [1.29, 1.82) is 0 Å². The molecule has 4 rings (SSSR count). The van der Waals surface area contributed by atoms with Gasteiger partial charge in [0.05, 0.1) is 42.0 Å². The van der Waals surface area contributed by atoms with Crippen molar-refractivity contribution < 1.29 is 14.6 Å². The molecule has 0 atom stereocenters. The molecule has 0 aromatic carbocycles. The Kier molecular flexibility index (Phi) is 5.91. The summed E-state index contributed by atoms with van der Waals surface area (Å²) in [5.41, 5.74) is 2.76. The van der Waals surface area contributed by atoms with Crippen LogP contribution >= 0.6 is 22.7 Å². The van der Waals surface area contributed by atoms with Crippen molar-refractivity contribution in [1.82, 2.24) is 15.0 Å². The fourth-order valence-electron chi connectivity index (χ4n) is 3.21. The zero-order valence-corrected chi connectivity index (χ0v) is 17.1. The number of carbonyl (C=O) groups is 1. The normalized spacial score (nSPS) is 18.8.